The second-order valence-electron chi connectivity index (χ2n) is 7.12. The van der Waals surface area contributed by atoms with Gasteiger partial charge < -0.3 is 5.11 Å². The molecule has 0 fully saturated rings. The fourth-order valence-corrected chi connectivity index (χ4v) is 3.77. The Morgan fingerprint density at radius 2 is 1.56 bits per heavy atom. The van der Waals surface area contributed by atoms with Gasteiger partial charge in [0.2, 0.25) is 0 Å². The van der Waals surface area contributed by atoms with E-state index >= 15 is 0 Å². The fourth-order valence-electron chi connectivity index (χ4n) is 2.69. The third kappa shape index (κ3) is 5.06. The van der Waals surface area contributed by atoms with Crippen LogP contribution in [0.5, 0.6) is 0 Å². The summed E-state index contributed by atoms with van der Waals surface area (Å²) < 4.78 is 28.0. The Hall–Kier alpha value is -1.85. The van der Waals surface area contributed by atoms with E-state index in [4.69, 9.17) is 0 Å². The molecule has 0 aliphatic rings. The van der Waals surface area contributed by atoms with Crippen molar-refractivity contribution in [3.8, 4) is 0 Å². The first-order chi connectivity index (χ1) is 11.7. The number of rotatable bonds is 7. The van der Waals surface area contributed by atoms with E-state index in [1.807, 2.05) is 26.0 Å². The normalized spacial score (nSPS) is 13.2. The summed E-state index contributed by atoms with van der Waals surface area (Å²) in [6, 6.07) is 13.9. The number of para-hydroxylation sites is 1. The summed E-state index contributed by atoms with van der Waals surface area (Å²) in [4.78, 5) is 0.217. The van der Waals surface area contributed by atoms with Gasteiger partial charge in [0.25, 0.3) is 10.0 Å². The maximum Gasteiger partial charge on any atom is 0.261 e. The van der Waals surface area contributed by atoms with Crippen molar-refractivity contribution in [3.05, 3.63) is 59.7 Å². The number of hydrogen-bond acceptors (Lipinski definition) is 3. The molecular formula is C20H27NO3S. The van der Waals surface area contributed by atoms with Crippen LogP contribution in [0.1, 0.15) is 44.9 Å². The second-order valence-corrected chi connectivity index (χ2v) is 8.81. The van der Waals surface area contributed by atoms with Crippen molar-refractivity contribution in [2.45, 2.75) is 45.1 Å². The number of aliphatic hydroxyl groups excluding tert-OH is 1. The third-order valence-electron chi connectivity index (χ3n) is 4.03. The SMILES string of the molecule is CC(C)Cc1ccc(S(=O)(=O)Nc2ccccc2C(O)C(C)C)cc1. The molecule has 0 saturated carbocycles. The lowest BCUT2D eigenvalue weighted by Gasteiger charge is -2.19. The number of nitrogens with one attached hydrogen (secondary N) is 1. The zero-order valence-corrected chi connectivity index (χ0v) is 16.0. The molecule has 25 heavy (non-hydrogen) atoms. The van der Waals surface area contributed by atoms with Gasteiger partial charge >= 0.3 is 0 Å². The standard InChI is InChI=1S/C20H27NO3S/c1-14(2)13-16-9-11-17(12-10-16)25(23,24)21-19-8-6-5-7-18(19)20(22)15(3)4/h5-12,14-15,20-22H,13H2,1-4H3. The summed E-state index contributed by atoms with van der Waals surface area (Å²) >= 11 is 0. The van der Waals surface area contributed by atoms with Crippen molar-refractivity contribution in [3.63, 3.8) is 0 Å². The van der Waals surface area contributed by atoms with Crippen molar-refractivity contribution in [2.75, 3.05) is 4.72 Å². The van der Waals surface area contributed by atoms with Gasteiger partial charge in [-0.05, 0) is 42.0 Å². The lowest BCUT2D eigenvalue weighted by atomic mass is 9.98. The lowest BCUT2D eigenvalue weighted by Crippen LogP contribution is -2.16. The second kappa shape index (κ2) is 8.02. The average molecular weight is 362 g/mol. The minimum absolute atomic E-state index is 0.0130. The van der Waals surface area contributed by atoms with Crippen molar-refractivity contribution in [1.82, 2.24) is 0 Å². The molecule has 0 heterocycles. The van der Waals surface area contributed by atoms with Gasteiger partial charge in [-0.15, -0.1) is 0 Å². The molecule has 0 bridgehead atoms. The van der Waals surface area contributed by atoms with Crippen LogP contribution in [0, 0.1) is 11.8 Å². The van der Waals surface area contributed by atoms with E-state index in [1.165, 1.54) is 0 Å². The Labute approximate surface area is 151 Å². The van der Waals surface area contributed by atoms with Gasteiger partial charge in [0, 0.05) is 5.56 Å². The molecule has 4 nitrogen and oxygen atoms in total. The molecule has 0 radical (unpaired) electrons. The minimum Gasteiger partial charge on any atom is -0.388 e. The number of hydrogen-bond donors (Lipinski definition) is 2. The maximum absolute atomic E-state index is 12.7. The van der Waals surface area contributed by atoms with Crippen LogP contribution < -0.4 is 4.72 Å². The molecule has 0 saturated heterocycles. The summed E-state index contributed by atoms with van der Waals surface area (Å²) in [7, 11) is -3.70. The molecule has 0 aliphatic heterocycles. The van der Waals surface area contributed by atoms with Crippen molar-refractivity contribution in [1.29, 1.82) is 0 Å². The van der Waals surface area contributed by atoms with Gasteiger partial charge in [0.1, 0.15) is 0 Å². The fraction of sp³-hybridized carbons (Fsp3) is 0.400. The first kappa shape index (κ1) is 19.5. The minimum atomic E-state index is -3.70. The summed E-state index contributed by atoms with van der Waals surface area (Å²) in [6.07, 6.45) is 0.185. The van der Waals surface area contributed by atoms with Crippen LogP contribution in [0.25, 0.3) is 0 Å². The van der Waals surface area contributed by atoms with Crippen molar-refractivity contribution < 1.29 is 13.5 Å². The molecular weight excluding hydrogens is 334 g/mol. The zero-order chi connectivity index (χ0) is 18.6. The van der Waals surface area contributed by atoms with E-state index in [2.05, 4.69) is 18.6 Å². The van der Waals surface area contributed by atoms with Crippen molar-refractivity contribution in [2.24, 2.45) is 11.8 Å². The third-order valence-corrected chi connectivity index (χ3v) is 5.41. The van der Waals surface area contributed by atoms with E-state index in [1.54, 1.807) is 36.4 Å². The van der Waals surface area contributed by atoms with Gasteiger partial charge in [0.15, 0.2) is 0 Å². The molecule has 1 atom stereocenters. The largest absolute Gasteiger partial charge is 0.388 e. The van der Waals surface area contributed by atoms with Gasteiger partial charge in [0.05, 0.1) is 16.7 Å². The molecule has 5 heteroatoms. The van der Waals surface area contributed by atoms with E-state index in [0.29, 0.717) is 17.2 Å². The van der Waals surface area contributed by atoms with Crippen LogP contribution in [0.3, 0.4) is 0 Å². The predicted molar refractivity (Wildman–Crippen MR) is 102 cm³/mol. The monoisotopic (exact) mass is 361 g/mol. The molecule has 2 N–H and O–H groups in total. The molecule has 2 aromatic carbocycles. The predicted octanol–water partition coefficient (Wildman–Crippen LogP) is 4.38. The molecule has 2 aromatic rings. The number of aliphatic hydroxyl groups is 1. The van der Waals surface area contributed by atoms with Gasteiger partial charge in [-0.1, -0.05) is 58.0 Å². The molecule has 0 aromatic heterocycles. The summed E-state index contributed by atoms with van der Waals surface area (Å²) in [5, 5.41) is 10.3. The quantitative estimate of drug-likeness (QED) is 0.769. The van der Waals surface area contributed by atoms with Crippen LogP contribution in [-0.4, -0.2) is 13.5 Å². The van der Waals surface area contributed by atoms with E-state index in [-0.39, 0.29) is 10.8 Å². The Morgan fingerprint density at radius 1 is 0.960 bits per heavy atom. The molecule has 136 valence electrons. The number of sulfonamides is 1. The van der Waals surface area contributed by atoms with E-state index in [0.717, 1.165) is 12.0 Å². The van der Waals surface area contributed by atoms with Crippen LogP contribution in [0.4, 0.5) is 5.69 Å². The Morgan fingerprint density at radius 3 is 2.12 bits per heavy atom. The van der Waals surface area contributed by atoms with E-state index < -0.39 is 16.1 Å². The lowest BCUT2D eigenvalue weighted by molar-refractivity contribution is 0.127. The van der Waals surface area contributed by atoms with Crippen LogP contribution in [-0.2, 0) is 16.4 Å². The van der Waals surface area contributed by atoms with Crippen LogP contribution >= 0.6 is 0 Å². The highest BCUT2D eigenvalue weighted by molar-refractivity contribution is 7.92. The summed E-state index contributed by atoms with van der Waals surface area (Å²) in [5.41, 5.74) is 2.11. The Kier molecular flexibility index (Phi) is 6.25. The molecule has 0 amide bonds. The highest BCUT2D eigenvalue weighted by Gasteiger charge is 2.20. The summed E-state index contributed by atoms with van der Waals surface area (Å²) in [5.74, 6) is 0.506. The maximum atomic E-state index is 12.7. The highest BCUT2D eigenvalue weighted by Crippen LogP contribution is 2.29. The van der Waals surface area contributed by atoms with Crippen LogP contribution in [0.15, 0.2) is 53.4 Å². The summed E-state index contributed by atoms with van der Waals surface area (Å²) in [6.45, 7) is 8.04. The highest BCUT2D eigenvalue weighted by atomic mass is 32.2. The molecule has 0 spiro atoms. The zero-order valence-electron chi connectivity index (χ0n) is 15.2. The number of benzene rings is 2. The van der Waals surface area contributed by atoms with E-state index in [9.17, 15) is 13.5 Å². The van der Waals surface area contributed by atoms with Gasteiger partial charge in [-0.3, -0.25) is 4.72 Å². The number of anilines is 1. The van der Waals surface area contributed by atoms with Gasteiger partial charge in [-0.2, -0.15) is 0 Å². The molecule has 0 aliphatic carbocycles. The first-order valence-corrected chi connectivity index (χ1v) is 10.1. The molecule has 1 unspecified atom stereocenters. The Bertz CT molecular complexity index is 796. The van der Waals surface area contributed by atoms with Gasteiger partial charge in [-0.25, -0.2) is 8.42 Å². The average Bonchev–Trinajstić information content (AvgIpc) is 2.54. The smallest absolute Gasteiger partial charge is 0.261 e. The first-order valence-electron chi connectivity index (χ1n) is 8.59. The topological polar surface area (TPSA) is 66.4 Å². The van der Waals surface area contributed by atoms with Crippen molar-refractivity contribution >= 4 is 15.7 Å². The molecule has 2 rings (SSSR count). The van der Waals surface area contributed by atoms with Crippen LogP contribution in [0.2, 0.25) is 0 Å². The Balaban J connectivity index is 2.27.